The highest BCUT2D eigenvalue weighted by Crippen LogP contribution is 2.28. The maximum Gasteiger partial charge on any atom is 0.153 e. The molecule has 2 rings (SSSR count). The standard InChI is InChI=1S/C15H11FO3/c1-19-15-6-5-10(7-11(15)8-17)12-3-2-4-14(16)13(12)9-18/h2-9H,1H3. The Kier molecular flexibility index (Phi) is 3.71. The highest BCUT2D eigenvalue weighted by Gasteiger charge is 2.11. The summed E-state index contributed by atoms with van der Waals surface area (Å²) in [7, 11) is 1.46. The van der Waals surface area contributed by atoms with Crippen LogP contribution in [0.1, 0.15) is 20.7 Å². The molecule has 0 radical (unpaired) electrons. The second-order valence-corrected chi connectivity index (χ2v) is 3.89. The fraction of sp³-hybridized carbons (Fsp3) is 0.0667. The Balaban J connectivity index is 2.62. The summed E-state index contributed by atoms with van der Waals surface area (Å²) in [4.78, 5) is 21.9. The molecule has 0 aliphatic heterocycles. The van der Waals surface area contributed by atoms with Crippen LogP contribution in [0.3, 0.4) is 0 Å². The minimum atomic E-state index is -0.587. The van der Waals surface area contributed by atoms with E-state index in [2.05, 4.69) is 0 Å². The van der Waals surface area contributed by atoms with E-state index < -0.39 is 5.82 Å². The molecule has 0 unspecified atom stereocenters. The Bertz CT molecular complexity index is 635. The first-order valence-electron chi connectivity index (χ1n) is 5.58. The predicted molar refractivity (Wildman–Crippen MR) is 69.2 cm³/mol. The molecule has 0 aromatic heterocycles. The third-order valence-corrected chi connectivity index (χ3v) is 2.84. The summed E-state index contributed by atoms with van der Waals surface area (Å²) in [5.41, 5.74) is 1.36. The molecule has 0 saturated carbocycles. The van der Waals surface area contributed by atoms with Gasteiger partial charge in [-0.05, 0) is 29.3 Å². The van der Waals surface area contributed by atoms with Crippen molar-refractivity contribution in [3.05, 3.63) is 53.3 Å². The zero-order valence-electron chi connectivity index (χ0n) is 10.2. The molecule has 0 saturated heterocycles. The third-order valence-electron chi connectivity index (χ3n) is 2.84. The van der Waals surface area contributed by atoms with Crippen LogP contribution in [-0.2, 0) is 0 Å². The van der Waals surface area contributed by atoms with Crippen molar-refractivity contribution in [3.8, 4) is 16.9 Å². The van der Waals surface area contributed by atoms with Gasteiger partial charge in [-0.1, -0.05) is 18.2 Å². The van der Waals surface area contributed by atoms with Crippen LogP contribution in [0.2, 0.25) is 0 Å². The normalized spacial score (nSPS) is 10.0. The number of benzene rings is 2. The van der Waals surface area contributed by atoms with Gasteiger partial charge in [0.15, 0.2) is 12.6 Å². The van der Waals surface area contributed by atoms with Gasteiger partial charge in [0.25, 0.3) is 0 Å². The topological polar surface area (TPSA) is 43.4 Å². The van der Waals surface area contributed by atoms with Gasteiger partial charge in [-0.3, -0.25) is 9.59 Å². The average Bonchev–Trinajstić information content (AvgIpc) is 2.46. The lowest BCUT2D eigenvalue weighted by Gasteiger charge is -2.09. The molecule has 0 aliphatic carbocycles. The minimum Gasteiger partial charge on any atom is -0.496 e. The van der Waals surface area contributed by atoms with Gasteiger partial charge in [-0.15, -0.1) is 0 Å². The van der Waals surface area contributed by atoms with Gasteiger partial charge in [0.1, 0.15) is 11.6 Å². The van der Waals surface area contributed by atoms with Crippen LogP contribution in [0.25, 0.3) is 11.1 Å². The van der Waals surface area contributed by atoms with Gasteiger partial charge in [0.2, 0.25) is 0 Å². The molecule has 4 heteroatoms. The second kappa shape index (κ2) is 5.44. The van der Waals surface area contributed by atoms with Crippen LogP contribution in [0, 0.1) is 5.82 Å². The summed E-state index contributed by atoms with van der Waals surface area (Å²) in [5, 5.41) is 0. The largest absolute Gasteiger partial charge is 0.496 e. The summed E-state index contributed by atoms with van der Waals surface area (Å²) in [6, 6.07) is 9.21. The van der Waals surface area contributed by atoms with E-state index in [-0.39, 0.29) is 5.56 Å². The van der Waals surface area contributed by atoms with Crippen molar-refractivity contribution in [1.29, 1.82) is 0 Å². The van der Waals surface area contributed by atoms with Crippen molar-refractivity contribution in [2.24, 2.45) is 0 Å². The van der Waals surface area contributed by atoms with E-state index in [1.54, 1.807) is 24.3 Å². The Morgan fingerprint density at radius 1 is 1.11 bits per heavy atom. The molecule has 3 nitrogen and oxygen atoms in total. The van der Waals surface area contributed by atoms with E-state index in [0.717, 1.165) is 0 Å². The van der Waals surface area contributed by atoms with Gasteiger partial charge >= 0.3 is 0 Å². The Labute approximate surface area is 109 Å². The number of halogens is 1. The maximum atomic E-state index is 13.5. The van der Waals surface area contributed by atoms with Crippen LogP contribution < -0.4 is 4.74 Å². The predicted octanol–water partition coefficient (Wildman–Crippen LogP) is 3.13. The number of carbonyl (C=O) groups is 2. The molecular weight excluding hydrogens is 247 g/mol. The van der Waals surface area contributed by atoms with Crippen LogP contribution in [0.15, 0.2) is 36.4 Å². The number of hydrogen-bond donors (Lipinski definition) is 0. The molecule has 19 heavy (non-hydrogen) atoms. The third kappa shape index (κ3) is 2.38. The van der Waals surface area contributed by atoms with E-state index in [1.165, 1.54) is 19.2 Å². The highest BCUT2D eigenvalue weighted by molar-refractivity contribution is 5.90. The molecule has 0 spiro atoms. The first kappa shape index (κ1) is 13.0. The number of rotatable bonds is 4. The molecule has 2 aromatic carbocycles. The van der Waals surface area contributed by atoms with E-state index in [1.807, 2.05) is 0 Å². The van der Waals surface area contributed by atoms with Gasteiger partial charge in [0, 0.05) is 0 Å². The fourth-order valence-corrected chi connectivity index (χ4v) is 1.90. The number of ether oxygens (including phenoxy) is 1. The molecule has 0 bridgehead atoms. The summed E-state index contributed by atoms with van der Waals surface area (Å²) < 4.78 is 18.6. The lowest BCUT2D eigenvalue weighted by atomic mass is 9.98. The number of methoxy groups -OCH3 is 1. The zero-order chi connectivity index (χ0) is 13.8. The Morgan fingerprint density at radius 3 is 2.53 bits per heavy atom. The first-order chi connectivity index (χ1) is 9.21. The van der Waals surface area contributed by atoms with Crippen molar-refractivity contribution in [1.82, 2.24) is 0 Å². The monoisotopic (exact) mass is 258 g/mol. The minimum absolute atomic E-state index is 0.0236. The second-order valence-electron chi connectivity index (χ2n) is 3.89. The molecule has 0 N–H and O–H groups in total. The maximum absolute atomic E-state index is 13.5. The number of carbonyl (C=O) groups excluding carboxylic acids is 2. The van der Waals surface area contributed by atoms with Crippen molar-refractivity contribution >= 4 is 12.6 Å². The number of aldehydes is 2. The van der Waals surface area contributed by atoms with Crippen molar-refractivity contribution < 1.29 is 18.7 Å². The van der Waals surface area contributed by atoms with Crippen LogP contribution in [0.5, 0.6) is 5.75 Å². The average molecular weight is 258 g/mol. The van der Waals surface area contributed by atoms with E-state index >= 15 is 0 Å². The highest BCUT2D eigenvalue weighted by atomic mass is 19.1. The lowest BCUT2D eigenvalue weighted by Crippen LogP contribution is -1.95. The molecule has 0 aliphatic rings. The zero-order valence-corrected chi connectivity index (χ0v) is 10.2. The van der Waals surface area contributed by atoms with Crippen LogP contribution in [0.4, 0.5) is 4.39 Å². The van der Waals surface area contributed by atoms with Crippen molar-refractivity contribution in [3.63, 3.8) is 0 Å². The summed E-state index contributed by atoms with van der Waals surface area (Å²) in [6.07, 6.45) is 1.12. The van der Waals surface area contributed by atoms with Gasteiger partial charge in [0.05, 0.1) is 18.2 Å². The van der Waals surface area contributed by atoms with Crippen LogP contribution >= 0.6 is 0 Å². The van der Waals surface area contributed by atoms with Crippen molar-refractivity contribution in [2.45, 2.75) is 0 Å². The van der Waals surface area contributed by atoms with Crippen molar-refractivity contribution in [2.75, 3.05) is 7.11 Å². The SMILES string of the molecule is COc1ccc(-c2cccc(F)c2C=O)cc1C=O. The lowest BCUT2D eigenvalue weighted by molar-refractivity contribution is 0.111. The van der Waals surface area contributed by atoms with Crippen LogP contribution in [-0.4, -0.2) is 19.7 Å². The van der Waals surface area contributed by atoms with E-state index in [4.69, 9.17) is 4.74 Å². The molecule has 0 atom stereocenters. The molecule has 96 valence electrons. The smallest absolute Gasteiger partial charge is 0.153 e. The van der Waals surface area contributed by atoms with Gasteiger partial charge in [-0.25, -0.2) is 4.39 Å². The molecule has 0 amide bonds. The number of hydrogen-bond acceptors (Lipinski definition) is 3. The Morgan fingerprint density at radius 2 is 1.89 bits per heavy atom. The fourth-order valence-electron chi connectivity index (χ4n) is 1.90. The Hall–Kier alpha value is -2.49. The first-order valence-corrected chi connectivity index (χ1v) is 5.58. The summed E-state index contributed by atoms with van der Waals surface area (Å²) in [6.45, 7) is 0. The molecule has 0 fully saturated rings. The molecular formula is C15H11FO3. The summed E-state index contributed by atoms with van der Waals surface area (Å²) in [5.74, 6) is -0.154. The molecule has 0 heterocycles. The summed E-state index contributed by atoms with van der Waals surface area (Å²) >= 11 is 0. The van der Waals surface area contributed by atoms with Gasteiger partial charge in [-0.2, -0.15) is 0 Å². The van der Waals surface area contributed by atoms with Gasteiger partial charge < -0.3 is 4.74 Å². The quantitative estimate of drug-likeness (QED) is 0.791. The van der Waals surface area contributed by atoms with E-state index in [9.17, 15) is 14.0 Å². The van der Waals surface area contributed by atoms with E-state index in [0.29, 0.717) is 35.0 Å². The molecule has 2 aromatic rings.